The summed E-state index contributed by atoms with van der Waals surface area (Å²) in [7, 11) is 0. The van der Waals surface area contributed by atoms with E-state index in [1.807, 2.05) is 19.1 Å². The Morgan fingerprint density at radius 3 is 2.94 bits per heavy atom. The Hall–Kier alpha value is -1.11. The Morgan fingerprint density at radius 1 is 1.50 bits per heavy atom. The summed E-state index contributed by atoms with van der Waals surface area (Å²) in [6, 6.07) is 7.14. The molecule has 0 saturated carbocycles. The van der Waals surface area contributed by atoms with Crippen molar-refractivity contribution in [3.63, 3.8) is 0 Å². The second-order valence-corrected chi connectivity index (χ2v) is 6.26. The van der Waals surface area contributed by atoms with Gasteiger partial charge in [-0.05, 0) is 19.1 Å². The first-order valence-electron chi connectivity index (χ1n) is 5.15. The van der Waals surface area contributed by atoms with Crippen molar-refractivity contribution in [3.05, 3.63) is 34.8 Å². The monoisotopic (exact) mass is 299 g/mol. The highest BCUT2D eigenvalue weighted by atomic mass is 35.5. The Morgan fingerprint density at radius 2 is 2.28 bits per heavy atom. The van der Waals surface area contributed by atoms with Gasteiger partial charge in [-0.2, -0.15) is 0 Å². The van der Waals surface area contributed by atoms with Crippen molar-refractivity contribution in [3.8, 4) is 0 Å². The van der Waals surface area contributed by atoms with Crippen LogP contribution in [0.2, 0.25) is 5.02 Å². The molecule has 4 nitrogen and oxygen atoms in total. The molecule has 0 bridgehead atoms. The lowest BCUT2D eigenvalue weighted by atomic mass is 10.3. The van der Waals surface area contributed by atoms with Crippen LogP contribution in [0.4, 0.5) is 5.69 Å². The first-order chi connectivity index (χ1) is 8.66. The summed E-state index contributed by atoms with van der Waals surface area (Å²) in [5, 5.41) is 10.7. The van der Waals surface area contributed by atoms with Gasteiger partial charge in [0.2, 0.25) is 5.91 Å². The zero-order chi connectivity index (χ0) is 13.0. The summed E-state index contributed by atoms with van der Waals surface area (Å²) in [5.41, 5.74) is 2.26. The number of carbonyl (C=O) groups is 1. The first kappa shape index (κ1) is 13.3. The van der Waals surface area contributed by atoms with Crippen LogP contribution in [0.15, 0.2) is 34.1 Å². The van der Waals surface area contributed by atoms with Gasteiger partial charge >= 0.3 is 0 Å². The van der Waals surface area contributed by atoms with Crippen molar-refractivity contribution in [2.75, 3.05) is 5.32 Å². The van der Waals surface area contributed by atoms with E-state index in [9.17, 15) is 4.79 Å². The number of benzene rings is 1. The van der Waals surface area contributed by atoms with Crippen molar-refractivity contribution >= 4 is 46.3 Å². The molecule has 0 saturated heterocycles. The van der Waals surface area contributed by atoms with E-state index < -0.39 is 0 Å². The second kappa shape index (κ2) is 6.17. The van der Waals surface area contributed by atoms with Crippen LogP contribution in [0.5, 0.6) is 0 Å². The minimum absolute atomic E-state index is 0.108. The molecule has 1 aromatic heterocycles. The number of hydrogen-bond acceptors (Lipinski definition) is 5. The summed E-state index contributed by atoms with van der Waals surface area (Å²) in [4.78, 5) is 12.0. The molecule has 0 aliphatic heterocycles. The normalized spacial score (nSPS) is 12.1. The van der Waals surface area contributed by atoms with Crippen LogP contribution in [-0.2, 0) is 4.79 Å². The van der Waals surface area contributed by atoms with Gasteiger partial charge in [0.05, 0.1) is 16.0 Å². The van der Waals surface area contributed by atoms with Gasteiger partial charge < -0.3 is 5.32 Å². The molecule has 2 rings (SSSR count). The van der Waals surface area contributed by atoms with E-state index >= 15 is 0 Å². The highest BCUT2D eigenvalue weighted by molar-refractivity contribution is 8.02. The van der Waals surface area contributed by atoms with Crippen LogP contribution in [0, 0.1) is 0 Å². The van der Waals surface area contributed by atoms with E-state index in [0.29, 0.717) is 10.7 Å². The number of halogens is 1. The van der Waals surface area contributed by atoms with Gasteiger partial charge in [-0.25, -0.2) is 0 Å². The molecule has 1 heterocycles. The number of carbonyl (C=O) groups excluding carboxylic acids is 1. The van der Waals surface area contributed by atoms with Crippen LogP contribution in [0.1, 0.15) is 6.92 Å². The predicted molar refractivity (Wildman–Crippen MR) is 75.3 cm³/mol. The van der Waals surface area contributed by atoms with Crippen molar-refractivity contribution in [2.24, 2.45) is 0 Å². The van der Waals surface area contributed by atoms with Gasteiger partial charge in [-0.3, -0.25) is 4.79 Å². The first-order valence-corrected chi connectivity index (χ1v) is 7.29. The molecular weight excluding hydrogens is 290 g/mol. The van der Waals surface area contributed by atoms with Gasteiger partial charge in [-0.15, -0.1) is 10.2 Å². The predicted octanol–water partition coefficient (Wildman–Crippen LogP) is 3.31. The number of hydrogen-bond donors (Lipinski definition) is 1. The van der Waals surface area contributed by atoms with Crippen molar-refractivity contribution < 1.29 is 4.79 Å². The maximum absolute atomic E-state index is 12.0. The molecule has 1 amide bonds. The number of rotatable bonds is 4. The van der Waals surface area contributed by atoms with Crippen LogP contribution < -0.4 is 5.32 Å². The van der Waals surface area contributed by atoms with Gasteiger partial charge in [0, 0.05) is 0 Å². The fraction of sp³-hybridized carbons (Fsp3) is 0.182. The van der Waals surface area contributed by atoms with E-state index in [1.165, 1.54) is 23.1 Å². The smallest absolute Gasteiger partial charge is 0.237 e. The van der Waals surface area contributed by atoms with E-state index in [0.717, 1.165) is 4.34 Å². The van der Waals surface area contributed by atoms with Crippen molar-refractivity contribution in [1.82, 2.24) is 10.2 Å². The summed E-state index contributed by atoms with van der Waals surface area (Å²) in [5.74, 6) is -0.108. The van der Waals surface area contributed by atoms with Crippen LogP contribution in [0.3, 0.4) is 0 Å². The fourth-order valence-corrected chi connectivity index (χ4v) is 3.02. The van der Waals surface area contributed by atoms with Crippen LogP contribution in [0.25, 0.3) is 0 Å². The van der Waals surface area contributed by atoms with E-state index in [2.05, 4.69) is 15.5 Å². The van der Waals surface area contributed by atoms with Crippen molar-refractivity contribution in [2.45, 2.75) is 16.5 Å². The molecule has 7 heteroatoms. The minimum atomic E-state index is -0.255. The van der Waals surface area contributed by atoms with Gasteiger partial charge in [0.25, 0.3) is 0 Å². The number of aromatic nitrogens is 2. The van der Waals surface area contributed by atoms with E-state index in [-0.39, 0.29) is 11.2 Å². The lowest BCUT2D eigenvalue weighted by molar-refractivity contribution is -0.115. The largest absolute Gasteiger partial charge is 0.324 e. The Bertz CT molecular complexity index is 533. The summed E-state index contributed by atoms with van der Waals surface area (Å²) >= 11 is 8.76. The molecule has 1 aromatic carbocycles. The zero-order valence-corrected chi connectivity index (χ0v) is 11.9. The molecule has 2 aromatic rings. The number of para-hydroxylation sites is 1. The lowest BCUT2D eigenvalue weighted by Gasteiger charge is -2.11. The third-order valence-electron chi connectivity index (χ3n) is 2.12. The molecule has 18 heavy (non-hydrogen) atoms. The Balaban J connectivity index is 1.98. The van der Waals surface area contributed by atoms with Crippen LogP contribution in [-0.4, -0.2) is 21.4 Å². The van der Waals surface area contributed by atoms with Gasteiger partial charge in [-0.1, -0.05) is 46.8 Å². The number of nitrogens with zero attached hydrogens (tertiary/aromatic N) is 2. The molecule has 94 valence electrons. The summed E-state index contributed by atoms with van der Waals surface area (Å²) in [6.45, 7) is 1.82. The summed E-state index contributed by atoms with van der Waals surface area (Å²) < 4.78 is 0.775. The van der Waals surface area contributed by atoms with Gasteiger partial charge in [0.1, 0.15) is 5.51 Å². The molecule has 0 aliphatic rings. The maximum atomic E-state index is 12.0. The molecule has 0 radical (unpaired) electrons. The molecule has 1 atom stereocenters. The maximum Gasteiger partial charge on any atom is 0.237 e. The van der Waals surface area contributed by atoms with Crippen LogP contribution >= 0.6 is 34.7 Å². The lowest BCUT2D eigenvalue weighted by Crippen LogP contribution is -2.22. The highest BCUT2D eigenvalue weighted by Crippen LogP contribution is 2.26. The fourth-order valence-electron chi connectivity index (χ4n) is 1.22. The quantitative estimate of drug-likeness (QED) is 0.880. The molecule has 0 aliphatic carbocycles. The molecule has 0 fully saturated rings. The molecule has 1 unspecified atom stereocenters. The minimum Gasteiger partial charge on any atom is -0.324 e. The SMILES string of the molecule is CC(Sc1nncs1)C(=O)Nc1ccccc1Cl. The van der Waals surface area contributed by atoms with E-state index in [1.54, 1.807) is 17.6 Å². The molecule has 0 spiro atoms. The average Bonchev–Trinajstić information content (AvgIpc) is 2.84. The number of nitrogens with one attached hydrogen (secondary N) is 1. The number of thioether (sulfide) groups is 1. The Labute approximate surface area is 118 Å². The summed E-state index contributed by atoms with van der Waals surface area (Å²) in [6.07, 6.45) is 0. The third-order valence-corrected chi connectivity index (χ3v) is 4.36. The number of anilines is 1. The van der Waals surface area contributed by atoms with E-state index in [4.69, 9.17) is 11.6 Å². The third kappa shape index (κ3) is 3.44. The Kier molecular flexibility index (Phi) is 4.57. The standard InChI is InChI=1S/C11H10ClN3OS2/c1-7(18-11-15-13-6-17-11)10(16)14-9-5-3-2-4-8(9)12/h2-7H,1H3,(H,14,16). The topological polar surface area (TPSA) is 54.9 Å². The second-order valence-electron chi connectivity index (χ2n) is 3.43. The van der Waals surface area contributed by atoms with Gasteiger partial charge in [0.15, 0.2) is 4.34 Å². The average molecular weight is 300 g/mol. The number of amides is 1. The highest BCUT2D eigenvalue weighted by Gasteiger charge is 2.16. The van der Waals surface area contributed by atoms with Crippen molar-refractivity contribution in [1.29, 1.82) is 0 Å². The zero-order valence-electron chi connectivity index (χ0n) is 9.46. The molecule has 1 N–H and O–H groups in total. The molecular formula is C11H10ClN3OS2.